The van der Waals surface area contributed by atoms with Gasteiger partial charge in [-0.05, 0) is 30.2 Å². The molecule has 0 aliphatic carbocycles. The van der Waals surface area contributed by atoms with Crippen molar-refractivity contribution in [3.63, 3.8) is 0 Å². The Balaban J connectivity index is 2.12. The Morgan fingerprint density at radius 1 is 0.680 bits per heavy atom. The first-order valence-corrected chi connectivity index (χ1v) is 8.81. The first-order chi connectivity index (χ1) is 12.2. The minimum atomic E-state index is 0.672. The van der Waals surface area contributed by atoms with Crippen molar-refractivity contribution in [1.29, 1.82) is 0 Å². The second-order valence-electron chi connectivity index (χ2n) is 5.93. The summed E-state index contributed by atoms with van der Waals surface area (Å²) < 4.78 is 0. The van der Waals surface area contributed by atoms with Crippen LogP contribution in [0, 0.1) is 6.92 Å². The Kier molecular flexibility index (Phi) is 4.20. The SMILES string of the molecule is Cc1nc2ccc(Cl)c(-c3ccccc3)c2c(Cl)c1-c1ccccc1. The fraction of sp³-hybridized carbons (Fsp3) is 0.0455. The lowest BCUT2D eigenvalue weighted by atomic mass is 9.96. The van der Waals surface area contributed by atoms with E-state index in [1.165, 1.54) is 0 Å². The second kappa shape index (κ2) is 6.51. The van der Waals surface area contributed by atoms with E-state index in [0.29, 0.717) is 10.0 Å². The van der Waals surface area contributed by atoms with Crippen molar-refractivity contribution in [3.05, 3.63) is 88.5 Å². The van der Waals surface area contributed by atoms with Crippen molar-refractivity contribution in [2.45, 2.75) is 6.92 Å². The van der Waals surface area contributed by atoms with Gasteiger partial charge in [0.1, 0.15) is 0 Å². The average molecular weight is 364 g/mol. The Morgan fingerprint density at radius 2 is 1.24 bits per heavy atom. The van der Waals surface area contributed by atoms with Gasteiger partial charge in [0.05, 0.1) is 10.5 Å². The highest BCUT2D eigenvalue weighted by molar-refractivity contribution is 6.41. The molecule has 4 rings (SSSR count). The van der Waals surface area contributed by atoms with E-state index in [1.54, 1.807) is 0 Å². The van der Waals surface area contributed by atoms with Crippen LogP contribution in [0.4, 0.5) is 0 Å². The summed E-state index contributed by atoms with van der Waals surface area (Å²) >= 11 is 13.5. The summed E-state index contributed by atoms with van der Waals surface area (Å²) in [7, 11) is 0. The van der Waals surface area contributed by atoms with Gasteiger partial charge in [-0.25, -0.2) is 0 Å². The first kappa shape index (κ1) is 16.1. The van der Waals surface area contributed by atoms with E-state index >= 15 is 0 Å². The van der Waals surface area contributed by atoms with Crippen LogP contribution in [0.5, 0.6) is 0 Å². The van der Waals surface area contributed by atoms with Gasteiger partial charge in [0.15, 0.2) is 0 Å². The zero-order valence-corrected chi connectivity index (χ0v) is 15.1. The van der Waals surface area contributed by atoms with Crippen LogP contribution < -0.4 is 0 Å². The molecule has 25 heavy (non-hydrogen) atoms. The molecule has 1 aromatic heterocycles. The zero-order chi connectivity index (χ0) is 17.4. The van der Waals surface area contributed by atoms with Crippen LogP contribution in [0.3, 0.4) is 0 Å². The monoisotopic (exact) mass is 363 g/mol. The van der Waals surface area contributed by atoms with Crippen molar-refractivity contribution in [2.24, 2.45) is 0 Å². The zero-order valence-electron chi connectivity index (χ0n) is 13.6. The van der Waals surface area contributed by atoms with Gasteiger partial charge in [0.2, 0.25) is 0 Å². The number of fused-ring (bicyclic) bond motifs is 1. The van der Waals surface area contributed by atoms with Gasteiger partial charge in [0, 0.05) is 27.2 Å². The highest BCUT2D eigenvalue weighted by Gasteiger charge is 2.18. The quantitative estimate of drug-likeness (QED) is 0.367. The van der Waals surface area contributed by atoms with Crippen LogP contribution in [-0.4, -0.2) is 4.98 Å². The molecular weight excluding hydrogens is 349 g/mol. The Labute approximate surface area is 156 Å². The van der Waals surface area contributed by atoms with Gasteiger partial charge in [-0.2, -0.15) is 0 Å². The van der Waals surface area contributed by atoms with Crippen LogP contribution >= 0.6 is 23.2 Å². The predicted octanol–water partition coefficient (Wildman–Crippen LogP) is 7.18. The van der Waals surface area contributed by atoms with Crippen molar-refractivity contribution in [3.8, 4) is 22.3 Å². The largest absolute Gasteiger partial charge is 0.252 e. The lowest BCUT2D eigenvalue weighted by Crippen LogP contribution is -1.94. The van der Waals surface area contributed by atoms with Gasteiger partial charge in [0.25, 0.3) is 0 Å². The second-order valence-corrected chi connectivity index (χ2v) is 6.72. The Bertz CT molecular complexity index is 1060. The third-order valence-electron chi connectivity index (χ3n) is 4.35. The van der Waals surface area contributed by atoms with E-state index in [2.05, 4.69) is 12.1 Å². The molecule has 0 fully saturated rings. The molecule has 0 spiro atoms. The van der Waals surface area contributed by atoms with Gasteiger partial charge < -0.3 is 0 Å². The van der Waals surface area contributed by atoms with Crippen LogP contribution in [-0.2, 0) is 0 Å². The van der Waals surface area contributed by atoms with Gasteiger partial charge in [-0.1, -0.05) is 83.9 Å². The summed E-state index contributed by atoms with van der Waals surface area (Å²) in [5.41, 5.74) is 5.72. The number of hydrogen-bond acceptors (Lipinski definition) is 1. The first-order valence-electron chi connectivity index (χ1n) is 8.06. The molecule has 0 atom stereocenters. The standard InChI is InChI=1S/C22H15Cl2N/c1-14-19(15-8-4-2-5-9-15)22(24)21-18(25-14)13-12-17(23)20(21)16-10-6-3-7-11-16/h2-13H,1H3. The maximum Gasteiger partial charge on any atom is 0.0727 e. The molecule has 0 saturated carbocycles. The lowest BCUT2D eigenvalue weighted by molar-refractivity contribution is 1.26. The molecule has 0 aliphatic heterocycles. The molecule has 1 nitrogen and oxygen atoms in total. The number of hydrogen-bond donors (Lipinski definition) is 0. The molecule has 3 heteroatoms. The summed E-state index contributed by atoms with van der Waals surface area (Å²) in [5.74, 6) is 0. The van der Waals surface area contributed by atoms with Crippen molar-refractivity contribution in [2.75, 3.05) is 0 Å². The maximum atomic E-state index is 6.91. The molecule has 1 heterocycles. The van der Waals surface area contributed by atoms with Crippen LogP contribution in [0.2, 0.25) is 10.0 Å². The Morgan fingerprint density at radius 3 is 1.84 bits per heavy atom. The van der Waals surface area contributed by atoms with E-state index in [-0.39, 0.29) is 0 Å². The molecular formula is C22H15Cl2N. The molecule has 0 N–H and O–H groups in total. The van der Waals surface area contributed by atoms with E-state index in [0.717, 1.165) is 38.9 Å². The molecule has 122 valence electrons. The predicted molar refractivity (Wildman–Crippen MR) is 107 cm³/mol. The molecule has 0 aliphatic rings. The topological polar surface area (TPSA) is 12.9 Å². The van der Waals surface area contributed by atoms with Crippen LogP contribution in [0.25, 0.3) is 33.2 Å². The fourth-order valence-corrected chi connectivity index (χ4v) is 3.93. The summed E-state index contributed by atoms with van der Waals surface area (Å²) in [6, 6.07) is 24.0. The van der Waals surface area contributed by atoms with E-state index in [9.17, 15) is 0 Å². The molecule has 0 unspecified atom stereocenters. The Hall–Kier alpha value is -2.35. The van der Waals surface area contributed by atoms with Gasteiger partial charge in [-0.3, -0.25) is 4.98 Å². The molecule has 0 saturated heterocycles. The van der Waals surface area contributed by atoms with Crippen LogP contribution in [0.15, 0.2) is 72.8 Å². The van der Waals surface area contributed by atoms with E-state index < -0.39 is 0 Å². The van der Waals surface area contributed by atoms with E-state index in [1.807, 2.05) is 67.6 Å². The minimum absolute atomic E-state index is 0.672. The van der Waals surface area contributed by atoms with Gasteiger partial charge in [-0.15, -0.1) is 0 Å². The highest BCUT2D eigenvalue weighted by atomic mass is 35.5. The molecule has 0 bridgehead atoms. The van der Waals surface area contributed by atoms with Crippen molar-refractivity contribution in [1.82, 2.24) is 4.98 Å². The smallest absolute Gasteiger partial charge is 0.0727 e. The summed E-state index contributed by atoms with van der Waals surface area (Å²) in [6.07, 6.45) is 0. The average Bonchev–Trinajstić information content (AvgIpc) is 2.64. The molecule has 0 radical (unpaired) electrons. The van der Waals surface area contributed by atoms with Gasteiger partial charge >= 0.3 is 0 Å². The summed E-state index contributed by atoms with van der Waals surface area (Å²) in [5, 5.41) is 2.25. The number of rotatable bonds is 2. The number of aryl methyl sites for hydroxylation is 1. The van der Waals surface area contributed by atoms with E-state index in [4.69, 9.17) is 28.2 Å². The number of aromatic nitrogens is 1. The third kappa shape index (κ3) is 2.80. The summed E-state index contributed by atoms with van der Waals surface area (Å²) in [6.45, 7) is 1.99. The number of nitrogens with zero attached hydrogens (tertiary/aromatic N) is 1. The summed E-state index contributed by atoms with van der Waals surface area (Å²) in [4.78, 5) is 4.80. The number of pyridine rings is 1. The number of benzene rings is 3. The van der Waals surface area contributed by atoms with Crippen molar-refractivity contribution < 1.29 is 0 Å². The molecule has 0 amide bonds. The van der Waals surface area contributed by atoms with Crippen molar-refractivity contribution >= 4 is 34.1 Å². The number of halogens is 2. The lowest BCUT2D eigenvalue weighted by Gasteiger charge is -2.15. The normalized spacial score (nSPS) is 11.0. The third-order valence-corrected chi connectivity index (χ3v) is 5.04. The highest BCUT2D eigenvalue weighted by Crippen LogP contribution is 2.43. The minimum Gasteiger partial charge on any atom is -0.252 e. The molecule has 3 aromatic carbocycles. The maximum absolute atomic E-state index is 6.91. The van der Waals surface area contributed by atoms with Crippen LogP contribution in [0.1, 0.15) is 5.69 Å². The molecule has 4 aromatic rings. The fourth-order valence-electron chi connectivity index (χ4n) is 3.23.